The Labute approximate surface area is 133 Å². The minimum atomic E-state index is -0.511. The lowest BCUT2D eigenvalue weighted by atomic mass is 9.99. The summed E-state index contributed by atoms with van der Waals surface area (Å²) in [6.07, 6.45) is 0.272. The molecular formula is C17H15N3O3. The van der Waals surface area contributed by atoms with Gasteiger partial charge in [-0.2, -0.15) is 5.26 Å². The Bertz CT molecular complexity index is 763. The molecule has 2 aromatic rings. The molecule has 1 N–H and O–H groups in total. The highest BCUT2D eigenvalue weighted by atomic mass is 16.6. The summed E-state index contributed by atoms with van der Waals surface area (Å²) in [5.74, 6) is -0.320. The van der Waals surface area contributed by atoms with E-state index in [2.05, 4.69) is 11.4 Å². The zero-order chi connectivity index (χ0) is 16.8. The van der Waals surface area contributed by atoms with Crippen LogP contribution in [0.2, 0.25) is 0 Å². The molecule has 6 heteroatoms. The first-order valence-electron chi connectivity index (χ1n) is 7.03. The smallest absolute Gasteiger partial charge is 0.269 e. The van der Waals surface area contributed by atoms with Gasteiger partial charge in [-0.3, -0.25) is 14.9 Å². The fraction of sp³-hybridized carbons (Fsp3) is 0.176. The number of nitrogens with zero attached hydrogens (tertiary/aromatic N) is 2. The van der Waals surface area contributed by atoms with E-state index in [-0.39, 0.29) is 24.1 Å². The second-order valence-electron chi connectivity index (χ2n) is 5.03. The summed E-state index contributed by atoms with van der Waals surface area (Å²) in [6, 6.07) is 14.7. The lowest BCUT2D eigenvalue weighted by Crippen LogP contribution is -2.27. The van der Waals surface area contributed by atoms with Gasteiger partial charge in [0.05, 0.1) is 23.5 Å². The van der Waals surface area contributed by atoms with Gasteiger partial charge in [0, 0.05) is 17.7 Å². The average Bonchev–Trinajstić information content (AvgIpc) is 2.55. The van der Waals surface area contributed by atoms with Gasteiger partial charge < -0.3 is 5.32 Å². The number of benzene rings is 2. The lowest BCUT2D eigenvalue weighted by Gasteiger charge is -2.17. The fourth-order valence-corrected chi connectivity index (χ4v) is 2.30. The molecule has 0 fully saturated rings. The van der Waals surface area contributed by atoms with E-state index in [1.54, 1.807) is 0 Å². The Morgan fingerprint density at radius 1 is 1.26 bits per heavy atom. The van der Waals surface area contributed by atoms with Gasteiger partial charge in [-0.05, 0) is 30.2 Å². The van der Waals surface area contributed by atoms with Crippen LogP contribution in [0.1, 0.15) is 34.5 Å². The van der Waals surface area contributed by atoms with Crippen LogP contribution in [0.4, 0.5) is 5.69 Å². The molecule has 6 nitrogen and oxygen atoms in total. The van der Waals surface area contributed by atoms with Crippen LogP contribution in [-0.2, 0) is 6.42 Å². The number of non-ortho nitro benzene ring substituents is 1. The Balaban J connectivity index is 2.14. The highest BCUT2D eigenvalue weighted by Gasteiger charge is 2.15. The third-order valence-electron chi connectivity index (χ3n) is 3.48. The van der Waals surface area contributed by atoms with Crippen LogP contribution >= 0.6 is 0 Å². The average molecular weight is 309 g/mol. The minimum Gasteiger partial charge on any atom is -0.346 e. The van der Waals surface area contributed by atoms with Gasteiger partial charge in [-0.25, -0.2) is 0 Å². The first-order valence-corrected chi connectivity index (χ1v) is 7.03. The second kappa shape index (κ2) is 7.18. The first-order chi connectivity index (χ1) is 11.0. The van der Waals surface area contributed by atoms with E-state index in [0.717, 1.165) is 11.1 Å². The van der Waals surface area contributed by atoms with E-state index in [4.69, 9.17) is 5.26 Å². The molecule has 1 amide bonds. The van der Waals surface area contributed by atoms with Crippen LogP contribution in [0.15, 0.2) is 48.5 Å². The Hall–Kier alpha value is -3.20. The summed E-state index contributed by atoms with van der Waals surface area (Å²) in [5.41, 5.74) is 2.03. The number of amides is 1. The van der Waals surface area contributed by atoms with Gasteiger partial charge in [0.25, 0.3) is 11.6 Å². The molecule has 1 atom stereocenters. The molecule has 23 heavy (non-hydrogen) atoms. The van der Waals surface area contributed by atoms with E-state index in [9.17, 15) is 14.9 Å². The molecule has 0 bridgehead atoms. The van der Waals surface area contributed by atoms with E-state index in [0.29, 0.717) is 5.56 Å². The second-order valence-corrected chi connectivity index (χ2v) is 5.03. The van der Waals surface area contributed by atoms with Crippen LogP contribution in [0, 0.1) is 21.4 Å². The molecule has 0 saturated carbocycles. The van der Waals surface area contributed by atoms with Crippen molar-refractivity contribution in [2.24, 2.45) is 0 Å². The van der Waals surface area contributed by atoms with Crippen molar-refractivity contribution in [2.45, 2.75) is 19.4 Å². The molecule has 0 aliphatic carbocycles. The first kappa shape index (κ1) is 16.2. The Morgan fingerprint density at radius 2 is 1.91 bits per heavy atom. The SMILES string of the molecule is CC(NC(=O)c1ccc([N+](=O)[O-])cc1)c1ccccc1CC#N. The number of hydrogen-bond donors (Lipinski definition) is 1. The topological polar surface area (TPSA) is 96.0 Å². The van der Waals surface area contributed by atoms with Gasteiger partial charge in [0.2, 0.25) is 0 Å². The van der Waals surface area contributed by atoms with Crippen molar-refractivity contribution < 1.29 is 9.72 Å². The van der Waals surface area contributed by atoms with Gasteiger partial charge in [-0.1, -0.05) is 24.3 Å². The summed E-state index contributed by atoms with van der Waals surface area (Å²) in [5, 5.41) is 22.3. The molecule has 0 spiro atoms. The van der Waals surface area contributed by atoms with Crippen molar-refractivity contribution in [3.8, 4) is 6.07 Å². The molecule has 1 unspecified atom stereocenters. The molecule has 116 valence electrons. The van der Waals surface area contributed by atoms with E-state index >= 15 is 0 Å². The molecule has 2 aromatic carbocycles. The van der Waals surface area contributed by atoms with Crippen molar-refractivity contribution >= 4 is 11.6 Å². The number of carbonyl (C=O) groups excluding carboxylic acids is 1. The molecule has 0 aliphatic rings. The maximum atomic E-state index is 12.2. The number of rotatable bonds is 5. The van der Waals surface area contributed by atoms with Gasteiger partial charge in [-0.15, -0.1) is 0 Å². The zero-order valence-electron chi connectivity index (χ0n) is 12.5. The summed E-state index contributed by atoms with van der Waals surface area (Å²) in [7, 11) is 0. The van der Waals surface area contributed by atoms with Crippen LogP contribution in [-0.4, -0.2) is 10.8 Å². The highest BCUT2D eigenvalue weighted by molar-refractivity contribution is 5.94. The van der Waals surface area contributed by atoms with Crippen LogP contribution in [0.5, 0.6) is 0 Å². The predicted octanol–water partition coefficient (Wildman–Crippen LogP) is 3.15. The van der Waals surface area contributed by atoms with Crippen LogP contribution in [0.25, 0.3) is 0 Å². The van der Waals surface area contributed by atoms with Gasteiger partial charge in [0.1, 0.15) is 0 Å². The third kappa shape index (κ3) is 3.92. The maximum absolute atomic E-state index is 12.2. The maximum Gasteiger partial charge on any atom is 0.269 e. The fourth-order valence-electron chi connectivity index (χ4n) is 2.30. The van der Waals surface area contributed by atoms with Crippen molar-refractivity contribution in [1.82, 2.24) is 5.32 Å². The quantitative estimate of drug-likeness (QED) is 0.677. The Kier molecular flexibility index (Phi) is 5.05. The molecule has 0 saturated heterocycles. The number of nitriles is 1. The third-order valence-corrected chi connectivity index (χ3v) is 3.48. The normalized spacial score (nSPS) is 11.3. The number of hydrogen-bond acceptors (Lipinski definition) is 4. The largest absolute Gasteiger partial charge is 0.346 e. The predicted molar refractivity (Wildman–Crippen MR) is 84.7 cm³/mol. The molecule has 0 radical (unpaired) electrons. The standard InChI is InChI=1S/C17H15N3O3/c1-12(16-5-3-2-4-13(16)10-11-18)19-17(21)14-6-8-15(9-7-14)20(22)23/h2-9,12H,10H2,1H3,(H,19,21). The van der Waals surface area contributed by atoms with E-state index in [1.165, 1.54) is 24.3 Å². The zero-order valence-corrected chi connectivity index (χ0v) is 12.5. The minimum absolute atomic E-state index is 0.0611. The van der Waals surface area contributed by atoms with Gasteiger partial charge >= 0.3 is 0 Å². The van der Waals surface area contributed by atoms with Crippen LogP contribution < -0.4 is 5.32 Å². The van der Waals surface area contributed by atoms with Crippen molar-refractivity contribution in [3.05, 3.63) is 75.3 Å². The van der Waals surface area contributed by atoms with Crippen molar-refractivity contribution in [2.75, 3.05) is 0 Å². The monoisotopic (exact) mass is 309 g/mol. The lowest BCUT2D eigenvalue weighted by molar-refractivity contribution is -0.384. The molecule has 2 rings (SSSR count). The summed E-state index contributed by atoms with van der Waals surface area (Å²) < 4.78 is 0. The summed E-state index contributed by atoms with van der Waals surface area (Å²) in [4.78, 5) is 22.3. The molecule has 0 aromatic heterocycles. The highest BCUT2D eigenvalue weighted by Crippen LogP contribution is 2.19. The number of nitro benzene ring substituents is 1. The molecule has 0 heterocycles. The van der Waals surface area contributed by atoms with E-state index < -0.39 is 4.92 Å². The number of nitro groups is 1. The number of nitrogens with one attached hydrogen (secondary N) is 1. The number of carbonyl (C=O) groups is 1. The molecule has 0 aliphatic heterocycles. The molecular weight excluding hydrogens is 294 g/mol. The summed E-state index contributed by atoms with van der Waals surface area (Å²) >= 11 is 0. The summed E-state index contributed by atoms with van der Waals surface area (Å²) in [6.45, 7) is 1.83. The Morgan fingerprint density at radius 3 is 2.52 bits per heavy atom. The van der Waals surface area contributed by atoms with Crippen molar-refractivity contribution in [3.63, 3.8) is 0 Å². The van der Waals surface area contributed by atoms with Crippen molar-refractivity contribution in [1.29, 1.82) is 5.26 Å². The van der Waals surface area contributed by atoms with E-state index in [1.807, 2.05) is 31.2 Å². The van der Waals surface area contributed by atoms with Crippen LogP contribution in [0.3, 0.4) is 0 Å². The van der Waals surface area contributed by atoms with Gasteiger partial charge in [0.15, 0.2) is 0 Å².